The number of carboxylic acid groups (broad SMARTS) is 1. The Balaban J connectivity index is 1.82. The molecule has 0 radical (unpaired) electrons. The molecule has 0 saturated carbocycles. The largest absolute Gasteiger partial charge is 0.478 e. The summed E-state index contributed by atoms with van der Waals surface area (Å²) in [6.45, 7) is 12.1. The Hall–Kier alpha value is -3.94. The van der Waals surface area contributed by atoms with Crippen LogP contribution in [0.5, 0.6) is 0 Å². The van der Waals surface area contributed by atoms with Crippen LogP contribution in [-0.2, 0) is 14.0 Å². The van der Waals surface area contributed by atoms with Gasteiger partial charge < -0.3 is 14.3 Å². The molecule has 0 aromatic heterocycles. The molecular formula is C33H39NO5Si. The van der Waals surface area contributed by atoms with E-state index in [0.717, 1.165) is 15.9 Å². The summed E-state index contributed by atoms with van der Waals surface area (Å²) >= 11 is 0. The molecule has 3 rings (SSSR count). The van der Waals surface area contributed by atoms with Gasteiger partial charge >= 0.3 is 12.1 Å². The standard InChI is InChI=1S/C33H39NO5Si/c1-32(2,3)39-31(37)34-27-21-18-25(19-22-27)17-20-26(30(35)36)23-24-38-40(33(4,5)6,28-13-9-7-10-14-28)29-15-11-8-12-16-29/h7-23H,24H2,1-6H3,(H,34,37)(H,35,36)/b20-17+,26-23+. The van der Waals surface area contributed by atoms with Crippen molar-refractivity contribution in [2.45, 2.75) is 52.2 Å². The summed E-state index contributed by atoms with van der Waals surface area (Å²) in [5, 5.41) is 14.6. The van der Waals surface area contributed by atoms with Crippen molar-refractivity contribution < 1.29 is 23.9 Å². The van der Waals surface area contributed by atoms with Gasteiger partial charge in [0.25, 0.3) is 8.32 Å². The average Bonchev–Trinajstić information content (AvgIpc) is 2.88. The zero-order valence-electron chi connectivity index (χ0n) is 24.1. The van der Waals surface area contributed by atoms with E-state index in [-0.39, 0.29) is 17.2 Å². The molecule has 210 valence electrons. The van der Waals surface area contributed by atoms with Crippen LogP contribution in [0.2, 0.25) is 5.04 Å². The highest BCUT2D eigenvalue weighted by molar-refractivity contribution is 6.99. The Bertz CT molecular complexity index is 1300. The van der Waals surface area contributed by atoms with E-state index in [1.54, 1.807) is 63.3 Å². The minimum absolute atomic E-state index is 0.133. The van der Waals surface area contributed by atoms with Gasteiger partial charge in [0.15, 0.2) is 0 Å². The summed E-state index contributed by atoms with van der Waals surface area (Å²) in [7, 11) is -2.78. The van der Waals surface area contributed by atoms with Crippen LogP contribution in [0.1, 0.15) is 47.1 Å². The van der Waals surface area contributed by atoms with E-state index < -0.39 is 26.0 Å². The quantitative estimate of drug-likeness (QED) is 0.175. The zero-order valence-corrected chi connectivity index (χ0v) is 25.1. The summed E-state index contributed by atoms with van der Waals surface area (Å²) in [5.74, 6) is -1.04. The summed E-state index contributed by atoms with van der Waals surface area (Å²) < 4.78 is 12.1. The van der Waals surface area contributed by atoms with Gasteiger partial charge in [0.05, 0.1) is 12.2 Å². The fourth-order valence-corrected chi connectivity index (χ4v) is 9.02. The van der Waals surface area contributed by atoms with Gasteiger partial charge in [0, 0.05) is 5.69 Å². The van der Waals surface area contributed by atoms with E-state index in [4.69, 9.17) is 9.16 Å². The summed E-state index contributed by atoms with van der Waals surface area (Å²) in [6.07, 6.45) is 4.37. The van der Waals surface area contributed by atoms with Gasteiger partial charge in [0.1, 0.15) is 5.60 Å². The number of amides is 1. The minimum atomic E-state index is -2.78. The first-order valence-electron chi connectivity index (χ1n) is 13.3. The molecule has 0 fully saturated rings. The molecule has 0 spiro atoms. The molecule has 0 bridgehead atoms. The first-order valence-corrected chi connectivity index (χ1v) is 15.2. The van der Waals surface area contributed by atoms with E-state index in [2.05, 4.69) is 50.4 Å². The summed E-state index contributed by atoms with van der Waals surface area (Å²) in [6, 6.07) is 27.5. The van der Waals surface area contributed by atoms with Crippen LogP contribution in [-0.4, -0.2) is 37.7 Å². The summed E-state index contributed by atoms with van der Waals surface area (Å²) in [5.41, 5.74) is 0.913. The third kappa shape index (κ3) is 8.03. The molecule has 3 aromatic carbocycles. The number of rotatable bonds is 9. The topological polar surface area (TPSA) is 84.9 Å². The third-order valence-corrected chi connectivity index (χ3v) is 11.3. The van der Waals surface area contributed by atoms with E-state index in [0.29, 0.717) is 5.69 Å². The number of carbonyl (C=O) groups excluding carboxylic acids is 1. The molecule has 1 amide bonds. The first-order chi connectivity index (χ1) is 18.8. The second-order valence-electron chi connectivity index (χ2n) is 11.5. The van der Waals surface area contributed by atoms with Crippen LogP contribution in [0.4, 0.5) is 10.5 Å². The lowest BCUT2D eigenvalue weighted by molar-refractivity contribution is -0.132. The number of nitrogens with one attached hydrogen (secondary N) is 1. The predicted octanol–water partition coefficient (Wildman–Crippen LogP) is 6.63. The molecular weight excluding hydrogens is 518 g/mol. The molecule has 0 aliphatic carbocycles. The molecule has 0 saturated heterocycles. The Labute approximate surface area is 238 Å². The van der Waals surface area contributed by atoms with Crippen LogP contribution in [0.3, 0.4) is 0 Å². The first kappa shape index (κ1) is 30.6. The average molecular weight is 558 g/mol. The molecule has 40 heavy (non-hydrogen) atoms. The second-order valence-corrected chi connectivity index (χ2v) is 15.8. The Morgan fingerprint density at radius 1 is 0.825 bits per heavy atom. The number of carbonyl (C=O) groups is 2. The maximum atomic E-state index is 12.1. The predicted molar refractivity (Wildman–Crippen MR) is 165 cm³/mol. The van der Waals surface area contributed by atoms with Gasteiger partial charge in [-0.05, 0) is 66.0 Å². The highest BCUT2D eigenvalue weighted by atomic mass is 28.4. The molecule has 0 heterocycles. The minimum Gasteiger partial charge on any atom is -0.478 e. The number of ether oxygens (including phenoxy) is 1. The van der Waals surface area contributed by atoms with Crippen LogP contribution < -0.4 is 15.7 Å². The Morgan fingerprint density at radius 2 is 1.35 bits per heavy atom. The van der Waals surface area contributed by atoms with Crippen molar-refractivity contribution in [1.82, 2.24) is 0 Å². The van der Waals surface area contributed by atoms with Crippen LogP contribution in [0.25, 0.3) is 6.08 Å². The van der Waals surface area contributed by atoms with Crippen molar-refractivity contribution in [1.29, 1.82) is 0 Å². The van der Waals surface area contributed by atoms with Crippen molar-refractivity contribution in [2.75, 3.05) is 11.9 Å². The number of anilines is 1. The summed E-state index contributed by atoms with van der Waals surface area (Å²) in [4.78, 5) is 24.1. The number of hydrogen-bond donors (Lipinski definition) is 2. The molecule has 6 nitrogen and oxygen atoms in total. The van der Waals surface area contributed by atoms with Crippen molar-refractivity contribution >= 4 is 42.5 Å². The Kier molecular flexibility index (Phi) is 9.90. The normalized spacial score (nSPS) is 12.8. The Morgan fingerprint density at radius 3 is 1.80 bits per heavy atom. The van der Waals surface area contributed by atoms with Gasteiger partial charge in [-0.3, -0.25) is 5.32 Å². The maximum Gasteiger partial charge on any atom is 0.412 e. The highest BCUT2D eigenvalue weighted by Crippen LogP contribution is 2.36. The van der Waals surface area contributed by atoms with Crippen molar-refractivity contribution in [3.8, 4) is 0 Å². The molecule has 0 aliphatic heterocycles. The zero-order chi connectivity index (χ0) is 29.4. The molecule has 0 aliphatic rings. The van der Waals surface area contributed by atoms with E-state index in [1.807, 2.05) is 36.4 Å². The molecule has 7 heteroatoms. The van der Waals surface area contributed by atoms with Crippen LogP contribution >= 0.6 is 0 Å². The number of hydrogen-bond acceptors (Lipinski definition) is 4. The van der Waals surface area contributed by atoms with Crippen molar-refractivity contribution in [2.24, 2.45) is 0 Å². The lowest BCUT2D eigenvalue weighted by Crippen LogP contribution is -2.66. The third-order valence-electron chi connectivity index (χ3n) is 6.28. The highest BCUT2D eigenvalue weighted by Gasteiger charge is 2.49. The molecule has 3 aromatic rings. The van der Waals surface area contributed by atoms with Gasteiger partial charge in [0.2, 0.25) is 0 Å². The van der Waals surface area contributed by atoms with Crippen LogP contribution in [0.15, 0.2) is 103 Å². The monoisotopic (exact) mass is 557 g/mol. The van der Waals surface area contributed by atoms with Gasteiger partial charge in [-0.15, -0.1) is 0 Å². The number of benzene rings is 3. The number of carboxylic acids is 1. The molecule has 0 unspecified atom stereocenters. The molecule has 0 atom stereocenters. The maximum absolute atomic E-state index is 12.1. The fourth-order valence-electron chi connectivity index (χ4n) is 4.53. The van der Waals surface area contributed by atoms with Crippen molar-refractivity contribution in [3.05, 3.63) is 108 Å². The lowest BCUT2D eigenvalue weighted by atomic mass is 10.1. The van der Waals surface area contributed by atoms with Crippen molar-refractivity contribution in [3.63, 3.8) is 0 Å². The fraction of sp³-hybridized carbons (Fsp3) is 0.273. The molecule has 2 N–H and O–H groups in total. The lowest BCUT2D eigenvalue weighted by Gasteiger charge is -2.42. The van der Waals surface area contributed by atoms with E-state index >= 15 is 0 Å². The van der Waals surface area contributed by atoms with Crippen LogP contribution in [0, 0.1) is 0 Å². The second kappa shape index (κ2) is 12.9. The smallest absolute Gasteiger partial charge is 0.412 e. The van der Waals surface area contributed by atoms with Gasteiger partial charge in [-0.2, -0.15) is 0 Å². The van der Waals surface area contributed by atoms with Gasteiger partial charge in [-0.1, -0.05) is 99.6 Å². The number of aliphatic carboxylic acids is 1. The van der Waals surface area contributed by atoms with Gasteiger partial charge in [-0.25, -0.2) is 9.59 Å². The van der Waals surface area contributed by atoms with E-state index in [1.165, 1.54) is 0 Å². The SMILES string of the molecule is CC(C)(C)OC(=O)Nc1ccc(/C=C/C(=C\CO[Si](c2ccccc2)(c2ccccc2)C(C)(C)C)C(=O)O)cc1. The van der Waals surface area contributed by atoms with E-state index in [9.17, 15) is 14.7 Å².